The van der Waals surface area contributed by atoms with E-state index in [0.717, 1.165) is 0 Å². The molecule has 11 nitrogen and oxygen atoms in total. The smallest absolute Gasteiger partial charge is 0.360 e. The van der Waals surface area contributed by atoms with Crippen molar-refractivity contribution in [2.45, 2.75) is 57.9 Å². The summed E-state index contributed by atoms with van der Waals surface area (Å²) in [5, 5.41) is 34.9. The number of aliphatic hydroxyl groups is 2. The van der Waals surface area contributed by atoms with Crippen LogP contribution in [0, 0.1) is 18.8 Å². The molecule has 1 amide bonds. The fourth-order valence-corrected chi connectivity index (χ4v) is 5.99. The number of benzene rings is 2. The van der Waals surface area contributed by atoms with Crippen LogP contribution in [0.5, 0.6) is 11.5 Å². The van der Waals surface area contributed by atoms with Crippen LogP contribution >= 0.6 is 0 Å². The summed E-state index contributed by atoms with van der Waals surface area (Å²) in [6.07, 6.45) is -1.26. The number of anilines is 1. The van der Waals surface area contributed by atoms with Crippen molar-refractivity contribution in [1.82, 2.24) is 0 Å². The highest BCUT2D eigenvalue weighted by Crippen LogP contribution is 2.41. The molecule has 4 N–H and O–H groups in total. The van der Waals surface area contributed by atoms with Crippen molar-refractivity contribution in [3.05, 3.63) is 81.9 Å². The normalized spacial score (nSPS) is 26.5. The highest BCUT2D eigenvalue weighted by atomic mass is 16.7. The third-order valence-corrected chi connectivity index (χ3v) is 8.33. The van der Waals surface area contributed by atoms with Gasteiger partial charge in [0.1, 0.15) is 46.8 Å². The Bertz CT molecular complexity index is 1690. The van der Waals surface area contributed by atoms with Gasteiger partial charge < -0.3 is 44.0 Å². The van der Waals surface area contributed by atoms with E-state index in [2.05, 4.69) is 5.32 Å². The number of phenols is 1. The lowest BCUT2D eigenvalue weighted by molar-refractivity contribution is -0.306. The molecule has 2 heterocycles. The highest BCUT2D eigenvalue weighted by Gasteiger charge is 2.50. The van der Waals surface area contributed by atoms with E-state index in [-0.39, 0.29) is 22.8 Å². The first kappa shape index (κ1) is 31.3. The van der Waals surface area contributed by atoms with Gasteiger partial charge in [0.15, 0.2) is 0 Å². The molecule has 0 radical (unpaired) electrons. The van der Waals surface area contributed by atoms with Crippen molar-refractivity contribution >= 4 is 28.1 Å². The number of methoxy groups -OCH3 is 2. The Morgan fingerprint density at radius 3 is 2.48 bits per heavy atom. The maximum Gasteiger partial charge on any atom is 0.360 e. The number of para-hydroxylation sites is 1. The molecular weight excluding hydrogens is 570 g/mol. The Morgan fingerprint density at radius 2 is 1.80 bits per heavy atom. The van der Waals surface area contributed by atoms with Gasteiger partial charge in [0.25, 0.3) is 0 Å². The largest absolute Gasteiger partial charge is 0.507 e. The van der Waals surface area contributed by atoms with Crippen LogP contribution in [0.25, 0.3) is 16.5 Å². The van der Waals surface area contributed by atoms with Crippen LogP contribution in [-0.2, 0) is 19.0 Å². The van der Waals surface area contributed by atoms with Gasteiger partial charge in [-0.25, -0.2) is 4.79 Å². The van der Waals surface area contributed by atoms with Crippen LogP contribution in [-0.4, -0.2) is 65.6 Å². The molecule has 1 fully saturated rings. The van der Waals surface area contributed by atoms with E-state index in [1.165, 1.54) is 20.3 Å². The molecule has 1 aromatic heterocycles. The Labute approximate surface area is 254 Å². The van der Waals surface area contributed by atoms with Gasteiger partial charge in [-0.1, -0.05) is 31.2 Å². The number of aromatic hydroxyl groups is 1. The number of carbonyl (C=O) groups is 1. The van der Waals surface area contributed by atoms with Crippen LogP contribution in [0.15, 0.2) is 69.6 Å². The number of phenolic OH excluding ortho intramolecular Hbond substituents is 1. The van der Waals surface area contributed by atoms with Gasteiger partial charge in [-0.2, -0.15) is 0 Å². The number of hydrogen-bond acceptors (Lipinski definition) is 10. The molecule has 44 heavy (non-hydrogen) atoms. The average molecular weight is 608 g/mol. The minimum atomic E-state index is -1.40. The summed E-state index contributed by atoms with van der Waals surface area (Å²) in [6, 6.07) is 11.6. The number of fused-ring (bicyclic) bond motifs is 1. The number of allylic oxidation sites excluding steroid dienone is 2. The standard InChI is InChI=1S/C33H37NO10/c1-16-19(12-14-24(40-5)25(16)20-9-7-8-10-22(20)35)30(38)34-21-15-18-11-13-23(17(2)28(18)43-31(21)39)42-32-27(37)26(36)29(41-6)33(3,4)44-32/h7-16,19,26-27,29,32,35-37H,1-6H3,(H,34,38)/t16?,19?,26-,27+,29+,32+/m0/s1. The number of amides is 1. The Hall–Kier alpha value is -4.16. The highest BCUT2D eigenvalue weighted by molar-refractivity contribution is 5.97. The van der Waals surface area contributed by atoms with Gasteiger partial charge in [0.2, 0.25) is 12.2 Å². The number of hydrogen-bond donors (Lipinski definition) is 4. The molecule has 1 aliphatic heterocycles. The average Bonchev–Trinajstić information content (AvgIpc) is 2.98. The molecule has 6 atom stereocenters. The number of rotatable bonds is 7. The number of aliphatic hydroxyl groups excluding tert-OH is 2. The molecule has 0 saturated carbocycles. The number of aryl methyl sites for hydroxylation is 1. The summed E-state index contributed by atoms with van der Waals surface area (Å²) in [6.45, 7) is 6.97. The number of carbonyl (C=O) groups excluding carboxylic acids is 1. The summed E-state index contributed by atoms with van der Waals surface area (Å²) in [5.41, 5.74) is 0.150. The van der Waals surface area contributed by atoms with Crippen LogP contribution in [0.4, 0.5) is 5.69 Å². The first-order chi connectivity index (χ1) is 20.9. The Balaban J connectivity index is 1.38. The topological polar surface area (TPSA) is 157 Å². The molecule has 1 aliphatic carbocycles. The summed E-state index contributed by atoms with van der Waals surface area (Å²) in [5.74, 6) is -0.619. The maximum absolute atomic E-state index is 13.5. The van der Waals surface area contributed by atoms with Crippen LogP contribution in [0.1, 0.15) is 31.9 Å². The predicted molar refractivity (Wildman–Crippen MR) is 162 cm³/mol. The lowest BCUT2D eigenvalue weighted by Crippen LogP contribution is -2.63. The second kappa shape index (κ2) is 12.1. The second-order valence-electron chi connectivity index (χ2n) is 11.6. The van der Waals surface area contributed by atoms with Crippen molar-refractivity contribution in [1.29, 1.82) is 0 Å². The van der Waals surface area contributed by atoms with Crippen molar-refractivity contribution in [2.24, 2.45) is 11.8 Å². The zero-order chi connectivity index (χ0) is 31.9. The molecule has 2 unspecified atom stereocenters. The minimum Gasteiger partial charge on any atom is -0.507 e. The zero-order valence-corrected chi connectivity index (χ0v) is 25.4. The van der Waals surface area contributed by atoms with E-state index >= 15 is 0 Å². The first-order valence-electron chi connectivity index (χ1n) is 14.2. The van der Waals surface area contributed by atoms with E-state index in [1.807, 2.05) is 6.92 Å². The maximum atomic E-state index is 13.5. The third-order valence-electron chi connectivity index (χ3n) is 8.33. The molecule has 2 aliphatic rings. The van der Waals surface area contributed by atoms with Crippen molar-refractivity contribution in [3.63, 3.8) is 0 Å². The molecule has 0 bridgehead atoms. The molecule has 5 rings (SSSR count). The summed E-state index contributed by atoms with van der Waals surface area (Å²) < 4.78 is 28.3. The lowest BCUT2D eigenvalue weighted by atomic mass is 9.79. The summed E-state index contributed by atoms with van der Waals surface area (Å²) in [7, 11) is 2.95. The quantitative estimate of drug-likeness (QED) is 0.291. The Kier molecular flexibility index (Phi) is 8.59. The molecule has 2 aromatic carbocycles. The zero-order valence-electron chi connectivity index (χ0n) is 25.4. The summed E-state index contributed by atoms with van der Waals surface area (Å²) in [4.78, 5) is 26.5. The third kappa shape index (κ3) is 5.59. The predicted octanol–water partition coefficient (Wildman–Crippen LogP) is 3.88. The van der Waals surface area contributed by atoms with E-state index < -0.39 is 53.6 Å². The molecule has 0 spiro atoms. The molecule has 11 heteroatoms. The summed E-state index contributed by atoms with van der Waals surface area (Å²) >= 11 is 0. The SMILES string of the molecule is COC1=C(c2ccccc2O)C(C)C(C(=O)Nc2cc3ccc(O[C@@H]4OC(C)(C)[C@H](OC)[C@@H](O)[C@H]4O)c(C)c3oc2=O)C=C1. The molecular formula is C33H37NO10. The Morgan fingerprint density at radius 1 is 1.07 bits per heavy atom. The molecule has 234 valence electrons. The van der Waals surface area contributed by atoms with Crippen molar-refractivity contribution < 1.29 is 43.5 Å². The van der Waals surface area contributed by atoms with Gasteiger partial charge in [0, 0.05) is 35.1 Å². The van der Waals surface area contributed by atoms with Crippen LogP contribution in [0.2, 0.25) is 0 Å². The second-order valence-corrected chi connectivity index (χ2v) is 11.6. The first-order valence-corrected chi connectivity index (χ1v) is 14.2. The van der Waals surface area contributed by atoms with Crippen molar-refractivity contribution in [3.8, 4) is 11.5 Å². The van der Waals surface area contributed by atoms with Gasteiger partial charge in [-0.05, 0) is 51.1 Å². The fraction of sp³-hybridized carbons (Fsp3) is 0.394. The number of ether oxygens (including phenoxy) is 4. The number of nitrogens with one attached hydrogen (secondary N) is 1. The van der Waals surface area contributed by atoms with E-state index in [4.69, 9.17) is 23.4 Å². The van der Waals surface area contributed by atoms with E-state index in [0.29, 0.717) is 27.8 Å². The van der Waals surface area contributed by atoms with Gasteiger partial charge in [0.05, 0.1) is 18.6 Å². The van der Waals surface area contributed by atoms with Crippen LogP contribution in [0.3, 0.4) is 0 Å². The van der Waals surface area contributed by atoms with Gasteiger partial charge in [-0.3, -0.25) is 4.79 Å². The van der Waals surface area contributed by atoms with Crippen molar-refractivity contribution in [2.75, 3.05) is 19.5 Å². The monoisotopic (exact) mass is 607 g/mol. The molecule has 3 aromatic rings. The fourth-order valence-electron chi connectivity index (χ4n) is 5.99. The van der Waals surface area contributed by atoms with E-state index in [9.17, 15) is 24.9 Å². The molecule has 1 saturated heterocycles. The van der Waals surface area contributed by atoms with E-state index in [1.54, 1.807) is 69.3 Å². The van der Waals surface area contributed by atoms with Gasteiger partial charge in [-0.15, -0.1) is 0 Å². The van der Waals surface area contributed by atoms with Crippen LogP contribution < -0.4 is 15.7 Å². The van der Waals surface area contributed by atoms with Gasteiger partial charge >= 0.3 is 5.63 Å². The lowest BCUT2D eigenvalue weighted by Gasteiger charge is -2.46. The minimum absolute atomic E-state index is 0.0386.